The van der Waals surface area contributed by atoms with Crippen LogP contribution in [0, 0.1) is 0 Å². The Morgan fingerprint density at radius 2 is 2.33 bits per heavy atom. The van der Waals surface area contributed by atoms with Crippen molar-refractivity contribution in [3.63, 3.8) is 0 Å². The number of nitrogens with one attached hydrogen (secondary N) is 1. The molecule has 2 aliphatic rings. The molecule has 2 fully saturated rings. The highest BCUT2D eigenvalue weighted by molar-refractivity contribution is 5.08. The van der Waals surface area contributed by atoms with Crippen LogP contribution in [-0.2, 0) is 4.74 Å². The van der Waals surface area contributed by atoms with Crippen molar-refractivity contribution in [1.29, 1.82) is 0 Å². The molecule has 4 nitrogen and oxygen atoms in total. The van der Waals surface area contributed by atoms with Gasteiger partial charge in [-0.1, -0.05) is 6.92 Å². The molecule has 1 aliphatic heterocycles. The van der Waals surface area contributed by atoms with Gasteiger partial charge in [0.05, 0.1) is 18.2 Å². The highest BCUT2D eigenvalue weighted by Crippen LogP contribution is 2.39. The number of ether oxygens (including phenoxy) is 1. The van der Waals surface area contributed by atoms with E-state index in [1.165, 1.54) is 25.0 Å². The maximum Gasteiger partial charge on any atom is 0.101 e. The SMILES string of the molecule is CCCNC1CCOC(c2cncn2C2CC2)C1. The molecule has 0 amide bonds. The Bertz CT molecular complexity index is 386. The maximum atomic E-state index is 5.95. The third-order valence-electron chi connectivity index (χ3n) is 3.93. The van der Waals surface area contributed by atoms with Crippen molar-refractivity contribution in [2.45, 2.75) is 57.2 Å². The van der Waals surface area contributed by atoms with E-state index < -0.39 is 0 Å². The molecule has 0 aromatic carbocycles. The number of hydrogen-bond acceptors (Lipinski definition) is 3. The van der Waals surface area contributed by atoms with E-state index in [4.69, 9.17) is 4.74 Å². The average Bonchev–Trinajstić information content (AvgIpc) is 3.14. The van der Waals surface area contributed by atoms with Gasteiger partial charge in [-0.25, -0.2) is 4.98 Å². The molecule has 18 heavy (non-hydrogen) atoms. The van der Waals surface area contributed by atoms with Crippen LogP contribution in [0.3, 0.4) is 0 Å². The van der Waals surface area contributed by atoms with Gasteiger partial charge in [-0.2, -0.15) is 0 Å². The van der Waals surface area contributed by atoms with E-state index in [1.807, 2.05) is 12.5 Å². The molecule has 4 heteroatoms. The molecule has 0 radical (unpaired) electrons. The largest absolute Gasteiger partial charge is 0.372 e. The van der Waals surface area contributed by atoms with E-state index in [2.05, 4.69) is 21.8 Å². The lowest BCUT2D eigenvalue weighted by Crippen LogP contribution is -2.36. The topological polar surface area (TPSA) is 39.1 Å². The Kier molecular flexibility index (Phi) is 3.66. The van der Waals surface area contributed by atoms with Crippen molar-refractivity contribution in [2.24, 2.45) is 0 Å². The zero-order valence-electron chi connectivity index (χ0n) is 11.1. The summed E-state index contributed by atoms with van der Waals surface area (Å²) in [5.41, 5.74) is 1.28. The second-order valence-electron chi connectivity index (χ2n) is 5.49. The average molecular weight is 249 g/mol. The Morgan fingerprint density at radius 1 is 1.44 bits per heavy atom. The smallest absolute Gasteiger partial charge is 0.101 e. The molecule has 0 spiro atoms. The van der Waals surface area contributed by atoms with Gasteiger partial charge in [0.1, 0.15) is 6.10 Å². The van der Waals surface area contributed by atoms with Gasteiger partial charge < -0.3 is 14.6 Å². The number of imidazole rings is 1. The fourth-order valence-electron chi connectivity index (χ4n) is 2.76. The Labute approximate surface area is 109 Å². The van der Waals surface area contributed by atoms with Gasteiger partial charge in [0.15, 0.2) is 0 Å². The molecular formula is C14H23N3O. The second-order valence-corrected chi connectivity index (χ2v) is 5.49. The summed E-state index contributed by atoms with van der Waals surface area (Å²) >= 11 is 0. The summed E-state index contributed by atoms with van der Waals surface area (Å²) in [6.07, 6.45) is 10.2. The van der Waals surface area contributed by atoms with Gasteiger partial charge in [-0.05, 0) is 38.6 Å². The summed E-state index contributed by atoms with van der Waals surface area (Å²) < 4.78 is 8.28. The Balaban J connectivity index is 1.65. The lowest BCUT2D eigenvalue weighted by Gasteiger charge is -2.30. The van der Waals surface area contributed by atoms with E-state index in [0.29, 0.717) is 12.1 Å². The number of nitrogens with zero attached hydrogens (tertiary/aromatic N) is 2. The number of aromatic nitrogens is 2. The highest BCUT2D eigenvalue weighted by Gasteiger charge is 2.31. The Hall–Kier alpha value is -0.870. The van der Waals surface area contributed by atoms with Crippen LogP contribution in [0.1, 0.15) is 56.9 Å². The first-order chi connectivity index (χ1) is 8.88. The molecular weight excluding hydrogens is 226 g/mol. The van der Waals surface area contributed by atoms with Crippen LogP contribution in [0.2, 0.25) is 0 Å². The molecule has 1 aliphatic carbocycles. The van der Waals surface area contributed by atoms with Crippen LogP contribution >= 0.6 is 0 Å². The van der Waals surface area contributed by atoms with Crippen LogP contribution in [0.5, 0.6) is 0 Å². The zero-order valence-corrected chi connectivity index (χ0v) is 11.1. The van der Waals surface area contributed by atoms with Crippen molar-refractivity contribution in [3.05, 3.63) is 18.2 Å². The minimum atomic E-state index is 0.233. The fourth-order valence-corrected chi connectivity index (χ4v) is 2.76. The lowest BCUT2D eigenvalue weighted by atomic mass is 10.0. The number of hydrogen-bond donors (Lipinski definition) is 1. The maximum absolute atomic E-state index is 5.95. The van der Waals surface area contributed by atoms with Gasteiger partial charge in [0.25, 0.3) is 0 Å². The molecule has 0 bridgehead atoms. The van der Waals surface area contributed by atoms with Gasteiger partial charge in [0, 0.05) is 18.7 Å². The summed E-state index contributed by atoms with van der Waals surface area (Å²) in [5, 5.41) is 3.62. The predicted molar refractivity (Wildman–Crippen MR) is 70.5 cm³/mol. The summed E-state index contributed by atoms with van der Waals surface area (Å²) in [7, 11) is 0. The minimum Gasteiger partial charge on any atom is -0.372 e. The third-order valence-corrected chi connectivity index (χ3v) is 3.93. The first kappa shape index (κ1) is 12.2. The van der Waals surface area contributed by atoms with E-state index in [0.717, 1.165) is 26.0 Å². The lowest BCUT2D eigenvalue weighted by molar-refractivity contribution is -0.00414. The van der Waals surface area contributed by atoms with Crippen molar-refractivity contribution in [3.8, 4) is 0 Å². The summed E-state index contributed by atoms with van der Waals surface area (Å²) in [4.78, 5) is 4.31. The highest BCUT2D eigenvalue weighted by atomic mass is 16.5. The van der Waals surface area contributed by atoms with E-state index >= 15 is 0 Å². The molecule has 1 aromatic heterocycles. The van der Waals surface area contributed by atoms with Crippen LogP contribution in [0.25, 0.3) is 0 Å². The standard InChI is InChI=1S/C14H23N3O/c1-2-6-16-11-5-7-18-14(8-11)13-9-15-10-17(13)12-3-4-12/h9-12,14,16H,2-8H2,1H3. The molecule has 2 atom stereocenters. The monoisotopic (exact) mass is 249 g/mol. The van der Waals surface area contributed by atoms with Crippen LogP contribution in [0.15, 0.2) is 12.5 Å². The molecule has 1 saturated carbocycles. The molecule has 1 aromatic rings. The summed E-state index contributed by atoms with van der Waals surface area (Å²) in [6.45, 7) is 4.19. The first-order valence-electron chi connectivity index (χ1n) is 7.25. The van der Waals surface area contributed by atoms with E-state index in [-0.39, 0.29) is 6.10 Å². The summed E-state index contributed by atoms with van der Waals surface area (Å²) in [5.74, 6) is 0. The van der Waals surface area contributed by atoms with Gasteiger partial charge >= 0.3 is 0 Å². The fraction of sp³-hybridized carbons (Fsp3) is 0.786. The molecule has 2 heterocycles. The molecule has 1 N–H and O–H groups in total. The van der Waals surface area contributed by atoms with Crippen LogP contribution in [0.4, 0.5) is 0 Å². The zero-order chi connectivity index (χ0) is 12.4. The molecule has 2 unspecified atom stereocenters. The molecule has 3 rings (SSSR count). The van der Waals surface area contributed by atoms with Gasteiger partial charge in [-0.15, -0.1) is 0 Å². The Morgan fingerprint density at radius 3 is 3.11 bits per heavy atom. The minimum absolute atomic E-state index is 0.233. The summed E-state index contributed by atoms with van der Waals surface area (Å²) in [6, 6.07) is 1.29. The predicted octanol–water partition coefficient (Wildman–Crippen LogP) is 2.44. The third kappa shape index (κ3) is 2.59. The second kappa shape index (κ2) is 5.41. The number of rotatable bonds is 5. The van der Waals surface area contributed by atoms with Gasteiger partial charge in [-0.3, -0.25) is 0 Å². The van der Waals surface area contributed by atoms with Crippen molar-refractivity contribution in [2.75, 3.05) is 13.2 Å². The van der Waals surface area contributed by atoms with Crippen LogP contribution in [-0.4, -0.2) is 28.7 Å². The first-order valence-corrected chi connectivity index (χ1v) is 7.25. The normalized spacial score (nSPS) is 28.5. The van der Waals surface area contributed by atoms with Crippen LogP contribution < -0.4 is 5.32 Å². The van der Waals surface area contributed by atoms with E-state index in [9.17, 15) is 0 Å². The van der Waals surface area contributed by atoms with Crippen molar-refractivity contribution >= 4 is 0 Å². The van der Waals surface area contributed by atoms with Crippen molar-refractivity contribution in [1.82, 2.24) is 14.9 Å². The van der Waals surface area contributed by atoms with Crippen molar-refractivity contribution < 1.29 is 4.74 Å². The quantitative estimate of drug-likeness (QED) is 0.871. The van der Waals surface area contributed by atoms with E-state index in [1.54, 1.807) is 0 Å². The molecule has 100 valence electrons. The molecule has 1 saturated heterocycles. The van der Waals surface area contributed by atoms with Gasteiger partial charge in [0.2, 0.25) is 0 Å².